The highest BCUT2D eigenvalue weighted by atomic mass is 35.5. The Bertz CT molecular complexity index is 1410. The topological polar surface area (TPSA) is 74.3 Å². The predicted octanol–water partition coefficient (Wildman–Crippen LogP) is 4.42. The van der Waals surface area contributed by atoms with Crippen molar-refractivity contribution in [1.82, 2.24) is 19.9 Å². The molecule has 2 aliphatic rings. The maximum Gasteiger partial charge on any atom is 0.272 e. The summed E-state index contributed by atoms with van der Waals surface area (Å²) >= 11 is 6.91. The molecule has 2 aromatic heterocycles. The highest BCUT2D eigenvalue weighted by molar-refractivity contribution is 7.91. The van der Waals surface area contributed by atoms with Crippen molar-refractivity contribution in [3.05, 3.63) is 106 Å². The SMILES string of the molecule is CN1C(NS(=O)(=O)c2ccc(Cl)s2)=CC=C2C(c3ccncc3)=C(c3ccc(F)cc3)NC21. The van der Waals surface area contributed by atoms with Crippen LogP contribution < -0.4 is 10.0 Å². The van der Waals surface area contributed by atoms with Crippen LogP contribution in [0, 0.1) is 5.82 Å². The number of sulfonamides is 1. The predicted molar refractivity (Wildman–Crippen MR) is 128 cm³/mol. The van der Waals surface area contributed by atoms with E-state index in [0.717, 1.165) is 39.3 Å². The maximum atomic E-state index is 13.6. The molecular formula is C23H18ClFN4O2S2. The quantitative estimate of drug-likeness (QED) is 0.542. The van der Waals surface area contributed by atoms with Gasteiger partial charge in [-0.05, 0) is 65.7 Å². The second-order valence-electron chi connectivity index (χ2n) is 7.49. The van der Waals surface area contributed by atoms with Crippen LogP contribution in [0.25, 0.3) is 11.3 Å². The van der Waals surface area contributed by atoms with Crippen molar-refractivity contribution >= 4 is 44.2 Å². The molecule has 10 heteroatoms. The highest BCUT2D eigenvalue weighted by Gasteiger charge is 2.36. The van der Waals surface area contributed by atoms with Crippen molar-refractivity contribution in [1.29, 1.82) is 0 Å². The number of nitrogens with zero attached hydrogens (tertiary/aromatic N) is 2. The van der Waals surface area contributed by atoms with Gasteiger partial charge in [0.1, 0.15) is 22.0 Å². The number of nitrogens with one attached hydrogen (secondary N) is 2. The monoisotopic (exact) mass is 500 g/mol. The molecule has 6 nitrogen and oxygen atoms in total. The molecule has 0 spiro atoms. The number of aromatic nitrogens is 1. The van der Waals surface area contributed by atoms with Crippen LogP contribution in [0.3, 0.4) is 0 Å². The molecule has 4 heterocycles. The van der Waals surface area contributed by atoms with E-state index in [4.69, 9.17) is 11.6 Å². The number of thiophene rings is 1. The lowest BCUT2D eigenvalue weighted by Gasteiger charge is -2.33. The van der Waals surface area contributed by atoms with Crippen molar-refractivity contribution in [3.8, 4) is 0 Å². The van der Waals surface area contributed by atoms with Crippen molar-refractivity contribution in [2.75, 3.05) is 7.05 Å². The van der Waals surface area contributed by atoms with Gasteiger partial charge in [-0.15, -0.1) is 11.3 Å². The van der Waals surface area contributed by atoms with E-state index < -0.39 is 10.0 Å². The fourth-order valence-electron chi connectivity index (χ4n) is 3.88. The summed E-state index contributed by atoms with van der Waals surface area (Å²) in [6, 6.07) is 13.1. The fraction of sp³-hybridized carbons (Fsp3) is 0.0870. The zero-order valence-electron chi connectivity index (χ0n) is 17.3. The van der Waals surface area contributed by atoms with Crippen LogP contribution in [-0.4, -0.2) is 31.5 Å². The molecule has 3 aromatic rings. The number of pyridine rings is 1. The van der Waals surface area contributed by atoms with Crippen molar-refractivity contribution in [3.63, 3.8) is 0 Å². The summed E-state index contributed by atoms with van der Waals surface area (Å²) in [5.41, 5.74) is 4.51. The summed E-state index contributed by atoms with van der Waals surface area (Å²) in [6.07, 6.45) is 6.72. The van der Waals surface area contributed by atoms with E-state index in [2.05, 4.69) is 15.0 Å². The molecule has 168 valence electrons. The summed E-state index contributed by atoms with van der Waals surface area (Å²) in [5, 5.41) is 3.49. The first-order valence-corrected chi connectivity index (χ1v) is 12.6. The Morgan fingerprint density at radius 2 is 1.79 bits per heavy atom. The summed E-state index contributed by atoms with van der Waals surface area (Å²) in [5.74, 6) is 0.0961. The molecule has 2 N–H and O–H groups in total. The summed E-state index contributed by atoms with van der Waals surface area (Å²) in [7, 11) is -1.98. The number of likely N-dealkylation sites (N-methyl/N-ethyl adjacent to an activating group) is 1. The largest absolute Gasteiger partial charge is 0.360 e. The molecule has 5 rings (SSSR count). The lowest BCUT2D eigenvalue weighted by atomic mass is 9.94. The number of rotatable bonds is 5. The molecule has 1 atom stereocenters. The molecule has 0 aliphatic carbocycles. The first-order chi connectivity index (χ1) is 15.8. The van der Waals surface area contributed by atoms with E-state index in [1.807, 2.05) is 23.1 Å². The number of allylic oxidation sites excluding steroid dienone is 2. The normalized spacial score (nSPS) is 17.9. The molecule has 0 bridgehead atoms. The number of benzene rings is 1. The van der Waals surface area contributed by atoms with E-state index in [-0.39, 0.29) is 16.2 Å². The van der Waals surface area contributed by atoms with E-state index >= 15 is 0 Å². The van der Waals surface area contributed by atoms with Crippen molar-refractivity contribution < 1.29 is 12.8 Å². The molecule has 0 amide bonds. The van der Waals surface area contributed by atoms with Gasteiger partial charge >= 0.3 is 0 Å². The van der Waals surface area contributed by atoms with Gasteiger partial charge in [0.25, 0.3) is 10.0 Å². The maximum absolute atomic E-state index is 13.6. The van der Waals surface area contributed by atoms with Gasteiger partial charge < -0.3 is 10.2 Å². The van der Waals surface area contributed by atoms with Crippen LogP contribution in [0.2, 0.25) is 4.34 Å². The van der Waals surface area contributed by atoms with E-state index in [0.29, 0.717) is 10.2 Å². The average molecular weight is 501 g/mol. The summed E-state index contributed by atoms with van der Waals surface area (Å²) < 4.78 is 42.4. The van der Waals surface area contributed by atoms with E-state index in [9.17, 15) is 12.8 Å². The number of halogens is 2. The third kappa shape index (κ3) is 4.03. The second kappa shape index (κ2) is 8.33. The Kier molecular flexibility index (Phi) is 5.48. The third-order valence-electron chi connectivity index (χ3n) is 5.46. The Morgan fingerprint density at radius 1 is 1.06 bits per heavy atom. The number of fused-ring (bicyclic) bond motifs is 1. The zero-order valence-corrected chi connectivity index (χ0v) is 19.7. The minimum absolute atomic E-state index is 0.138. The molecule has 0 saturated carbocycles. The van der Waals surface area contributed by atoms with Crippen LogP contribution >= 0.6 is 22.9 Å². The minimum atomic E-state index is -3.78. The van der Waals surface area contributed by atoms with Crippen LogP contribution in [0.4, 0.5) is 4.39 Å². The molecular weight excluding hydrogens is 483 g/mol. The summed E-state index contributed by atoms with van der Waals surface area (Å²) in [4.78, 5) is 5.93. The molecule has 0 saturated heterocycles. The fourth-order valence-corrected chi connectivity index (χ4v) is 6.47. The molecule has 2 aliphatic heterocycles. The number of hydrogen-bond donors (Lipinski definition) is 2. The third-order valence-corrected chi connectivity index (χ3v) is 8.53. The van der Waals surface area contributed by atoms with Gasteiger partial charge in [0.15, 0.2) is 0 Å². The number of hydrogen-bond acceptors (Lipinski definition) is 6. The molecule has 0 fully saturated rings. The van der Waals surface area contributed by atoms with Gasteiger partial charge in [0, 0.05) is 30.6 Å². The molecule has 1 aromatic carbocycles. The Hall–Kier alpha value is -3.14. The van der Waals surface area contributed by atoms with Gasteiger partial charge in [0.05, 0.1) is 10.0 Å². The van der Waals surface area contributed by atoms with Gasteiger partial charge in [-0.25, -0.2) is 12.8 Å². The van der Waals surface area contributed by atoms with Crippen molar-refractivity contribution in [2.24, 2.45) is 0 Å². The molecule has 33 heavy (non-hydrogen) atoms. The van der Waals surface area contributed by atoms with Gasteiger partial charge in [-0.1, -0.05) is 17.7 Å². The van der Waals surface area contributed by atoms with Crippen LogP contribution in [-0.2, 0) is 10.0 Å². The highest BCUT2D eigenvalue weighted by Crippen LogP contribution is 2.41. The van der Waals surface area contributed by atoms with Gasteiger partial charge in [-0.2, -0.15) is 0 Å². The second-order valence-corrected chi connectivity index (χ2v) is 11.1. The molecule has 0 radical (unpaired) electrons. The Morgan fingerprint density at radius 3 is 2.45 bits per heavy atom. The first kappa shape index (κ1) is 21.7. The van der Waals surface area contributed by atoms with Crippen molar-refractivity contribution in [2.45, 2.75) is 10.4 Å². The van der Waals surface area contributed by atoms with Gasteiger partial charge in [-0.3, -0.25) is 9.71 Å². The molecule has 1 unspecified atom stereocenters. The summed E-state index contributed by atoms with van der Waals surface area (Å²) in [6.45, 7) is 0. The lowest BCUT2D eigenvalue weighted by Crippen LogP contribution is -2.46. The first-order valence-electron chi connectivity index (χ1n) is 9.94. The standard InChI is InChI=1S/C23H18ClFN4O2S2/c1-29-19(28-33(30,31)20-9-7-18(24)32-20)8-6-17-21(14-10-12-26-13-11-14)22(27-23(17)29)15-2-4-16(25)5-3-15/h2-13,23,27-28H,1H3. The van der Waals surface area contributed by atoms with E-state index in [1.54, 1.807) is 43.7 Å². The van der Waals surface area contributed by atoms with Crippen LogP contribution in [0.15, 0.2) is 88.7 Å². The van der Waals surface area contributed by atoms with Crippen LogP contribution in [0.5, 0.6) is 0 Å². The smallest absolute Gasteiger partial charge is 0.272 e. The Labute approximate surface area is 199 Å². The minimum Gasteiger partial charge on any atom is -0.360 e. The van der Waals surface area contributed by atoms with E-state index in [1.165, 1.54) is 18.2 Å². The van der Waals surface area contributed by atoms with Crippen LogP contribution in [0.1, 0.15) is 11.1 Å². The lowest BCUT2D eigenvalue weighted by molar-refractivity contribution is 0.313. The average Bonchev–Trinajstić information content (AvgIpc) is 3.42. The van der Waals surface area contributed by atoms with Gasteiger partial charge in [0.2, 0.25) is 0 Å². The zero-order chi connectivity index (χ0) is 23.2. The Balaban J connectivity index is 1.55.